The van der Waals surface area contributed by atoms with Crippen LogP contribution in [-0.2, 0) is 28.7 Å². The second-order valence-electron chi connectivity index (χ2n) is 11.6. The lowest BCUT2D eigenvalue weighted by Crippen LogP contribution is -2.11. The number of unbranched alkanes of at least 4 members (excludes halogenated alkanes) is 14. The predicted octanol–water partition coefficient (Wildman–Crippen LogP) is 8.49. The van der Waals surface area contributed by atoms with E-state index in [0.717, 1.165) is 77.0 Å². The predicted molar refractivity (Wildman–Crippen MR) is 159 cm³/mol. The Hall–Kier alpha value is -2.12. The van der Waals surface area contributed by atoms with Crippen molar-refractivity contribution in [1.29, 1.82) is 0 Å². The average Bonchev–Trinajstić information content (AvgIpc) is 2.90. The summed E-state index contributed by atoms with van der Waals surface area (Å²) in [5.74, 6) is -1.61. The average molecular weight is 573 g/mol. The van der Waals surface area contributed by atoms with Crippen LogP contribution >= 0.6 is 0 Å². The minimum atomic E-state index is -0.710. The summed E-state index contributed by atoms with van der Waals surface area (Å²) in [4.78, 5) is 42.5. The zero-order chi connectivity index (χ0) is 30.5. The van der Waals surface area contributed by atoms with Crippen LogP contribution in [0.4, 0.5) is 0 Å². The van der Waals surface area contributed by atoms with E-state index in [1.54, 1.807) is 0 Å². The molecule has 8 nitrogen and oxygen atoms in total. The van der Waals surface area contributed by atoms with E-state index in [-0.39, 0.29) is 30.2 Å². The number of rotatable bonds is 26. The summed E-state index contributed by atoms with van der Waals surface area (Å²) < 4.78 is 9.21. The van der Waals surface area contributed by atoms with E-state index < -0.39 is 11.9 Å². The molecule has 0 rings (SSSR count). The molecule has 8 heteroatoms. The lowest BCUT2D eigenvalue weighted by molar-refractivity contribution is -0.141. The van der Waals surface area contributed by atoms with Crippen molar-refractivity contribution in [3.05, 3.63) is 0 Å². The summed E-state index contributed by atoms with van der Waals surface area (Å²) >= 11 is 0. The second-order valence-corrected chi connectivity index (χ2v) is 11.6. The highest BCUT2D eigenvalue weighted by Crippen LogP contribution is 2.30. The molecule has 0 aliphatic rings. The smallest absolute Gasteiger partial charge is 0.305 e. The first-order valence-corrected chi connectivity index (χ1v) is 15.6. The normalized spacial score (nSPS) is 10.9. The van der Waals surface area contributed by atoms with Gasteiger partial charge in [0.05, 0.1) is 14.2 Å². The van der Waals surface area contributed by atoms with Crippen molar-refractivity contribution >= 4 is 23.9 Å². The van der Waals surface area contributed by atoms with Gasteiger partial charge < -0.3 is 19.7 Å². The summed E-state index contributed by atoms with van der Waals surface area (Å²) in [5, 5.41) is 17.1. The van der Waals surface area contributed by atoms with Crippen molar-refractivity contribution in [1.82, 2.24) is 0 Å². The highest BCUT2D eigenvalue weighted by atomic mass is 16.5. The van der Waals surface area contributed by atoms with Gasteiger partial charge in [0.15, 0.2) is 0 Å². The molecule has 0 atom stereocenters. The standard InChI is InChI=1S/C17H32O4.C15H28O4/c1-20-16(18)14-12-10-8-6-4-3-5-7-9-11-13-15-17(19)21-2;1-15(2,11-7-3-5-9-13(16)17)12-8-4-6-10-14(18)19/h3-15H2,1-2H3;3-12H2,1-2H3,(H,16,17)(H,18,19). The summed E-state index contributed by atoms with van der Waals surface area (Å²) in [5.41, 5.74) is 0.284. The van der Waals surface area contributed by atoms with E-state index in [4.69, 9.17) is 10.2 Å². The number of carboxylic acid groups (broad SMARTS) is 2. The Balaban J connectivity index is 0. The van der Waals surface area contributed by atoms with Gasteiger partial charge in [-0.05, 0) is 43.9 Å². The Labute approximate surface area is 244 Å². The van der Waals surface area contributed by atoms with Gasteiger partial charge in [-0.15, -0.1) is 0 Å². The third-order valence-corrected chi connectivity index (χ3v) is 7.21. The number of ether oxygens (including phenoxy) is 2. The van der Waals surface area contributed by atoms with Crippen LogP contribution in [0.15, 0.2) is 0 Å². The van der Waals surface area contributed by atoms with Crippen molar-refractivity contribution in [2.75, 3.05) is 14.2 Å². The third kappa shape index (κ3) is 33.9. The number of esters is 2. The quantitative estimate of drug-likeness (QED) is 0.0780. The fourth-order valence-electron chi connectivity index (χ4n) is 4.57. The Morgan fingerprint density at radius 1 is 0.450 bits per heavy atom. The van der Waals surface area contributed by atoms with E-state index in [2.05, 4.69) is 23.3 Å². The molecule has 0 aromatic heterocycles. The van der Waals surface area contributed by atoms with Gasteiger partial charge >= 0.3 is 23.9 Å². The lowest BCUT2D eigenvalue weighted by atomic mass is 9.82. The largest absolute Gasteiger partial charge is 0.481 e. The first kappa shape index (κ1) is 40.0. The maximum atomic E-state index is 10.9. The highest BCUT2D eigenvalue weighted by molar-refractivity contribution is 5.69. The molecular formula is C32H60O8. The zero-order valence-electron chi connectivity index (χ0n) is 26.1. The number of methoxy groups -OCH3 is 2. The molecule has 0 spiro atoms. The summed E-state index contributed by atoms with van der Waals surface area (Å²) in [6.07, 6.45) is 22.6. The maximum absolute atomic E-state index is 10.9. The Kier molecular flexibility index (Phi) is 28.4. The number of carboxylic acids is 2. The van der Waals surface area contributed by atoms with Gasteiger partial charge in [-0.1, -0.05) is 97.3 Å². The van der Waals surface area contributed by atoms with Gasteiger partial charge in [0.1, 0.15) is 0 Å². The molecule has 0 heterocycles. The SMILES string of the molecule is CC(C)(CCCCCC(=O)O)CCCCCC(=O)O.COC(=O)CCCCCCCCCCCCCC(=O)OC. The molecule has 0 bridgehead atoms. The molecule has 0 aliphatic carbocycles. The van der Waals surface area contributed by atoms with Crippen molar-refractivity contribution in [3.8, 4) is 0 Å². The molecule has 0 radical (unpaired) electrons. The van der Waals surface area contributed by atoms with Crippen LogP contribution in [0, 0.1) is 5.41 Å². The van der Waals surface area contributed by atoms with Crippen molar-refractivity contribution in [2.45, 2.75) is 162 Å². The number of aliphatic carboxylic acids is 2. The second kappa shape index (κ2) is 28.4. The molecule has 0 aromatic carbocycles. The van der Waals surface area contributed by atoms with E-state index >= 15 is 0 Å². The zero-order valence-corrected chi connectivity index (χ0v) is 26.1. The fraction of sp³-hybridized carbons (Fsp3) is 0.875. The fourth-order valence-corrected chi connectivity index (χ4v) is 4.57. The van der Waals surface area contributed by atoms with E-state index in [1.165, 1.54) is 59.2 Å². The van der Waals surface area contributed by atoms with Gasteiger partial charge in [0, 0.05) is 25.7 Å². The summed E-state index contributed by atoms with van der Waals surface area (Å²) in [6.45, 7) is 4.47. The van der Waals surface area contributed by atoms with Crippen molar-refractivity contribution in [3.63, 3.8) is 0 Å². The number of hydrogen-bond donors (Lipinski definition) is 2. The third-order valence-electron chi connectivity index (χ3n) is 7.21. The first-order valence-electron chi connectivity index (χ1n) is 15.6. The maximum Gasteiger partial charge on any atom is 0.305 e. The number of carbonyl (C=O) groups excluding carboxylic acids is 2. The van der Waals surface area contributed by atoms with Gasteiger partial charge in [0.2, 0.25) is 0 Å². The van der Waals surface area contributed by atoms with E-state index in [9.17, 15) is 19.2 Å². The van der Waals surface area contributed by atoms with Crippen LogP contribution in [0.25, 0.3) is 0 Å². The molecule has 0 amide bonds. The minimum Gasteiger partial charge on any atom is -0.481 e. The number of hydrogen-bond acceptors (Lipinski definition) is 6. The molecule has 0 saturated heterocycles. The Morgan fingerprint density at radius 3 is 0.975 bits per heavy atom. The first-order chi connectivity index (χ1) is 19.0. The topological polar surface area (TPSA) is 127 Å². The van der Waals surface area contributed by atoms with Gasteiger partial charge in [-0.3, -0.25) is 19.2 Å². The summed E-state index contributed by atoms with van der Waals surface area (Å²) in [7, 11) is 2.88. The van der Waals surface area contributed by atoms with Crippen LogP contribution in [0.5, 0.6) is 0 Å². The van der Waals surface area contributed by atoms with Crippen LogP contribution in [0.3, 0.4) is 0 Å². The lowest BCUT2D eigenvalue weighted by Gasteiger charge is -2.24. The molecule has 40 heavy (non-hydrogen) atoms. The number of carbonyl (C=O) groups is 4. The van der Waals surface area contributed by atoms with Crippen LogP contribution < -0.4 is 0 Å². The summed E-state index contributed by atoms with van der Waals surface area (Å²) in [6, 6.07) is 0. The van der Waals surface area contributed by atoms with Crippen molar-refractivity contribution < 1.29 is 38.9 Å². The molecule has 236 valence electrons. The van der Waals surface area contributed by atoms with Gasteiger partial charge in [-0.2, -0.15) is 0 Å². The molecule has 0 fully saturated rings. The van der Waals surface area contributed by atoms with Gasteiger partial charge in [0.25, 0.3) is 0 Å². The molecule has 0 saturated carbocycles. The van der Waals surface area contributed by atoms with Crippen LogP contribution in [-0.4, -0.2) is 48.3 Å². The van der Waals surface area contributed by atoms with Gasteiger partial charge in [-0.25, -0.2) is 0 Å². The van der Waals surface area contributed by atoms with Crippen molar-refractivity contribution in [2.24, 2.45) is 5.41 Å². The van der Waals surface area contributed by atoms with E-state index in [1.807, 2.05) is 0 Å². The molecule has 0 unspecified atom stereocenters. The van der Waals surface area contributed by atoms with Crippen LogP contribution in [0.1, 0.15) is 162 Å². The van der Waals surface area contributed by atoms with E-state index in [0.29, 0.717) is 12.8 Å². The Morgan fingerprint density at radius 2 is 0.700 bits per heavy atom. The monoisotopic (exact) mass is 572 g/mol. The molecule has 2 N–H and O–H groups in total. The highest BCUT2D eigenvalue weighted by Gasteiger charge is 2.16. The van der Waals surface area contributed by atoms with Crippen LogP contribution in [0.2, 0.25) is 0 Å². The molecule has 0 aliphatic heterocycles. The Bertz CT molecular complexity index is 593. The molecule has 0 aromatic rings. The molecular weight excluding hydrogens is 512 g/mol. The minimum absolute atomic E-state index is 0.0952.